The second-order valence-electron chi connectivity index (χ2n) is 8.51. The van der Waals surface area contributed by atoms with Gasteiger partial charge >= 0.3 is 0 Å². The summed E-state index contributed by atoms with van der Waals surface area (Å²) < 4.78 is 5.57. The average Bonchev–Trinajstić information content (AvgIpc) is 2.84. The van der Waals surface area contributed by atoms with E-state index >= 15 is 0 Å². The van der Waals surface area contributed by atoms with Crippen LogP contribution in [0.15, 0.2) is 29.3 Å². The highest BCUT2D eigenvalue weighted by Crippen LogP contribution is 2.33. The number of rotatable bonds is 8. The van der Waals surface area contributed by atoms with E-state index in [1.165, 1.54) is 32.1 Å². The van der Waals surface area contributed by atoms with Gasteiger partial charge in [-0.05, 0) is 30.5 Å². The fraction of sp³-hybridized carbons (Fsp3) is 0.609. The van der Waals surface area contributed by atoms with Gasteiger partial charge in [-0.15, -0.1) is 24.0 Å². The predicted molar refractivity (Wildman–Crippen MR) is 140 cm³/mol. The number of nitrogens with zero attached hydrogens (tertiary/aromatic N) is 2. The van der Waals surface area contributed by atoms with Crippen LogP contribution >= 0.6 is 24.0 Å². The van der Waals surface area contributed by atoms with E-state index in [1.807, 2.05) is 12.1 Å². The summed E-state index contributed by atoms with van der Waals surface area (Å²) in [5, 5.41) is 9.41. The molecule has 5 N–H and O–H groups in total. The number of halogens is 1. The Labute approximate surface area is 213 Å². The van der Waals surface area contributed by atoms with Crippen molar-refractivity contribution >= 4 is 41.8 Å². The lowest BCUT2D eigenvalue weighted by molar-refractivity contribution is -0.117. The molecule has 184 valence electrons. The van der Waals surface area contributed by atoms with E-state index in [0.29, 0.717) is 12.1 Å². The van der Waals surface area contributed by atoms with Gasteiger partial charge in [0, 0.05) is 44.3 Å². The molecule has 1 saturated carbocycles. The molecule has 9 nitrogen and oxygen atoms in total. The second kappa shape index (κ2) is 13.7. The first-order chi connectivity index (χ1) is 15.5. The Hall–Kier alpha value is -1.92. The summed E-state index contributed by atoms with van der Waals surface area (Å²) in [6.07, 6.45) is 6.26. The van der Waals surface area contributed by atoms with E-state index in [2.05, 4.69) is 25.8 Å². The highest BCUT2D eigenvalue weighted by Gasteiger charge is 2.38. The third kappa shape index (κ3) is 8.11. The van der Waals surface area contributed by atoms with Crippen molar-refractivity contribution in [3.05, 3.63) is 35.4 Å². The predicted octanol–water partition coefficient (Wildman–Crippen LogP) is 1.22. The van der Waals surface area contributed by atoms with Gasteiger partial charge in [0.15, 0.2) is 5.96 Å². The lowest BCUT2D eigenvalue weighted by Crippen LogP contribution is -2.60. The van der Waals surface area contributed by atoms with Crippen LogP contribution in [-0.2, 0) is 16.1 Å². The summed E-state index contributed by atoms with van der Waals surface area (Å²) in [6.45, 7) is 4.89. The molecule has 1 aromatic rings. The van der Waals surface area contributed by atoms with Gasteiger partial charge in [-0.2, -0.15) is 0 Å². The molecule has 0 radical (unpaired) electrons. The number of carbonyl (C=O) groups excluding carboxylic acids is 2. The number of benzene rings is 1. The van der Waals surface area contributed by atoms with Crippen LogP contribution in [0, 0.1) is 0 Å². The Bertz CT molecular complexity index is 790. The number of ether oxygens (including phenoxy) is 1. The van der Waals surface area contributed by atoms with Crippen molar-refractivity contribution in [2.75, 3.05) is 46.4 Å². The maximum absolute atomic E-state index is 12.0. The molecule has 10 heteroatoms. The van der Waals surface area contributed by atoms with E-state index in [1.54, 1.807) is 19.2 Å². The molecule has 1 saturated heterocycles. The molecule has 2 fully saturated rings. The molecule has 1 aliphatic carbocycles. The minimum absolute atomic E-state index is 0. The number of nitrogens with two attached hydrogens (primary N) is 1. The lowest BCUT2D eigenvalue weighted by Gasteiger charge is -2.48. The molecule has 1 aromatic carbocycles. The van der Waals surface area contributed by atoms with E-state index in [9.17, 15) is 9.59 Å². The summed E-state index contributed by atoms with van der Waals surface area (Å²) in [5.74, 6) is -0.116. The van der Waals surface area contributed by atoms with Gasteiger partial charge in [-0.3, -0.25) is 19.5 Å². The molecule has 2 aliphatic rings. The van der Waals surface area contributed by atoms with Crippen molar-refractivity contribution in [3.63, 3.8) is 0 Å². The first kappa shape index (κ1) is 27.3. The van der Waals surface area contributed by atoms with Crippen molar-refractivity contribution in [1.82, 2.24) is 20.9 Å². The molecular weight excluding hydrogens is 535 g/mol. The zero-order chi connectivity index (χ0) is 22.8. The van der Waals surface area contributed by atoms with Gasteiger partial charge in [0.1, 0.15) is 0 Å². The number of amides is 2. The maximum atomic E-state index is 12.0. The van der Waals surface area contributed by atoms with Crippen LogP contribution in [0.4, 0.5) is 0 Å². The first-order valence-electron chi connectivity index (χ1n) is 11.5. The minimum atomic E-state index is -0.568. The number of aliphatic imine (C=N–C) groups is 1. The number of morpholine rings is 1. The smallest absolute Gasteiger partial charge is 0.251 e. The van der Waals surface area contributed by atoms with E-state index in [0.717, 1.165) is 44.4 Å². The van der Waals surface area contributed by atoms with E-state index < -0.39 is 5.91 Å². The van der Waals surface area contributed by atoms with Crippen molar-refractivity contribution < 1.29 is 14.3 Å². The van der Waals surface area contributed by atoms with Crippen LogP contribution in [0.5, 0.6) is 0 Å². The van der Waals surface area contributed by atoms with Crippen LogP contribution in [0.2, 0.25) is 0 Å². The SMILES string of the molecule is CN=C(NCc1ccc(C(=O)NCC(N)=O)cc1)NCC1(N2CCOCC2)CCCCC1.I. The van der Waals surface area contributed by atoms with Crippen LogP contribution in [0.1, 0.15) is 48.0 Å². The first-order valence-corrected chi connectivity index (χ1v) is 11.5. The van der Waals surface area contributed by atoms with E-state index in [4.69, 9.17) is 10.5 Å². The molecule has 2 amide bonds. The molecule has 0 bridgehead atoms. The molecule has 0 atom stereocenters. The quantitative estimate of drug-likeness (QED) is 0.211. The lowest BCUT2D eigenvalue weighted by atomic mass is 9.80. The molecule has 0 unspecified atom stereocenters. The summed E-state index contributed by atoms with van der Waals surface area (Å²) in [6, 6.07) is 7.24. The van der Waals surface area contributed by atoms with E-state index in [-0.39, 0.29) is 42.0 Å². The fourth-order valence-corrected chi connectivity index (χ4v) is 4.55. The number of hydrogen-bond acceptors (Lipinski definition) is 5. The standard InChI is InChI=1S/C23H36N6O3.HI/c1-25-22(27-15-18-5-7-19(8-6-18)21(31)26-16-20(24)30)28-17-23(9-3-2-4-10-23)29-11-13-32-14-12-29;/h5-8H,2-4,9-17H2,1H3,(H2,24,30)(H,26,31)(H2,25,27,28);1H. The monoisotopic (exact) mass is 572 g/mol. The Morgan fingerprint density at radius 3 is 2.33 bits per heavy atom. The van der Waals surface area contributed by atoms with Gasteiger partial charge in [0.2, 0.25) is 5.91 Å². The van der Waals surface area contributed by atoms with Crippen molar-refractivity contribution in [2.24, 2.45) is 10.7 Å². The van der Waals surface area contributed by atoms with Crippen molar-refractivity contribution in [2.45, 2.75) is 44.2 Å². The largest absolute Gasteiger partial charge is 0.379 e. The molecule has 0 spiro atoms. The van der Waals surface area contributed by atoms with Gasteiger partial charge < -0.3 is 26.4 Å². The number of primary amides is 1. The van der Waals surface area contributed by atoms with Crippen LogP contribution < -0.4 is 21.7 Å². The third-order valence-electron chi connectivity index (χ3n) is 6.37. The van der Waals surface area contributed by atoms with Gasteiger partial charge in [-0.1, -0.05) is 31.4 Å². The van der Waals surface area contributed by atoms with Gasteiger partial charge in [0.05, 0.1) is 19.8 Å². The summed E-state index contributed by atoms with van der Waals surface area (Å²) >= 11 is 0. The maximum Gasteiger partial charge on any atom is 0.251 e. The summed E-state index contributed by atoms with van der Waals surface area (Å²) in [7, 11) is 1.78. The highest BCUT2D eigenvalue weighted by molar-refractivity contribution is 14.0. The number of carbonyl (C=O) groups is 2. The third-order valence-corrected chi connectivity index (χ3v) is 6.37. The fourth-order valence-electron chi connectivity index (χ4n) is 4.55. The van der Waals surface area contributed by atoms with Crippen LogP contribution in [0.25, 0.3) is 0 Å². The molecule has 1 heterocycles. The molecule has 1 aliphatic heterocycles. The van der Waals surface area contributed by atoms with Crippen molar-refractivity contribution in [3.8, 4) is 0 Å². The van der Waals surface area contributed by atoms with Crippen molar-refractivity contribution in [1.29, 1.82) is 0 Å². The molecule has 3 rings (SSSR count). The molecular formula is C23H37IN6O3. The zero-order valence-corrected chi connectivity index (χ0v) is 21.7. The Morgan fingerprint density at radius 1 is 1.06 bits per heavy atom. The number of guanidine groups is 1. The van der Waals surface area contributed by atoms with Gasteiger partial charge in [0.25, 0.3) is 5.91 Å². The normalized spacial score (nSPS) is 18.6. The topological polar surface area (TPSA) is 121 Å². The van der Waals surface area contributed by atoms with Crippen LogP contribution in [-0.4, -0.2) is 74.7 Å². The molecule has 0 aromatic heterocycles. The highest BCUT2D eigenvalue weighted by atomic mass is 127. The summed E-state index contributed by atoms with van der Waals surface area (Å²) in [5.41, 5.74) is 6.74. The average molecular weight is 572 g/mol. The molecule has 33 heavy (non-hydrogen) atoms. The summed E-state index contributed by atoms with van der Waals surface area (Å²) in [4.78, 5) is 29.8. The Balaban J connectivity index is 0.00000385. The Kier molecular flexibility index (Phi) is 11.3. The Morgan fingerprint density at radius 2 is 1.73 bits per heavy atom. The second-order valence-corrected chi connectivity index (χ2v) is 8.51. The number of hydrogen-bond donors (Lipinski definition) is 4. The van der Waals surface area contributed by atoms with Gasteiger partial charge in [-0.25, -0.2) is 0 Å². The zero-order valence-electron chi connectivity index (χ0n) is 19.4. The minimum Gasteiger partial charge on any atom is -0.379 e. The van der Waals surface area contributed by atoms with Crippen LogP contribution in [0.3, 0.4) is 0 Å². The number of nitrogens with one attached hydrogen (secondary N) is 3.